The monoisotopic (exact) mass is 346 g/mol. The highest BCUT2D eigenvalue weighted by molar-refractivity contribution is 5.79. The molecule has 2 N–H and O–H groups in total. The number of nitrogens with zero attached hydrogens (tertiary/aromatic N) is 2. The zero-order valence-corrected chi connectivity index (χ0v) is 16.2. The number of nitrogens with one attached hydrogen (secondary N) is 2. The van der Waals surface area contributed by atoms with Crippen molar-refractivity contribution >= 4 is 5.96 Å². The molecule has 2 rings (SSSR count). The summed E-state index contributed by atoms with van der Waals surface area (Å²) in [4.78, 5) is 7.25. The lowest BCUT2D eigenvalue weighted by molar-refractivity contribution is 0.0310. The summed E-state index contributed by atoms with van der Waals surface area (Å²) in [5.41, 5.74) is 1.14. The minimum absolute atomic E-state index is 0.241. The largest absolute Gasteiger partial charge is 0.377 e. The van der Waals surface area contributed by atoms with Crippen molar-refractivity contribution in [1.29, 1.82) is 0 Å². The third kappa shape index (κ3) is 6.67. The minimum Gasteiger partial charge on any atom is -0.377 e. The van der Waals surface area contributed by atoms with Crippen molar-refractivity contribution in [2.24, 2.45) is 4.99 Å². The van der Waals surface area contributed by atoms with Crippen LogP contribution in [0.1, 0.15) is 39.2 Å². The Morgan fingerprint density at radius 2 is 2.04 bits per heavy atom. The Balaban J connectivity index is 1.88. The van der Waals surface area contributed by atoms with Gasteiger partial charge in [-0.3, -0.25) is 9.89 Å². The van der Waals surface area contributed by atoms with Gasteiger partial charge >= 0.3 is 0 Å². The van der Waals surface area contributed by atoms with Gasteiger partial charge in [0.25, 0.3) is 0 Å². The summed E-state index contributed by atoms with van der Waals surface area (Å²) in [6.45, 7) is 10.8. The first-order valence-electron chi connectivity index (χ1n) is 9.39. The predicted octanol–water partition coefficient (Wildman–Crippen LogP) is 2.63. The molecule has 0 aliphatic carbocycles. The van der Waals surface area contributed by atoms with Gasteiger partial charge in [0.15, 0.2) is 5.96 Å². The first-order chi connectivity index (χ1) is 12.0. The quantitative estimate of drug-likeness (QED) is 0.561. The van der Waals surface area contributed by atoms with Gasteiger partial charge in [-0.05, 0) is 45.7 Å². The third-order valence-electron chi connectivity index (χ3n) is 4.75. The summed E-state index contributed by atoms with van der Waals surface area (Å²) >= 11 is 0. The molecule has 0 amide bonds. The number of likely N-dealkylation sites (tertiary alicyclic amines) is 1. The molecule has 1 aliphatic heterocycles. The number of benzene rings is 1. The van der Waals surface area contributed by atoms with Crippen LogP contribution in [0.5, 0.6) is 0 Å². The first-order valence-corrected chi connectivity index (χ1v) is 9.39. The molecule has 0 spiro atoms. The van der Waals surface area contributed by atoms with Crippen LogP contribution in [0.15, 0.2) is 35.3 Å². The second-order valence-corrected chi connectivity index (χ2v) is 7.29. The molecule has 0 bridgehead atoms. The van der Waals surface area contributed by atoms with E-state index in [0.29, 0.717) is 12.6 Å². The van der Waals surface area contributed by atoms with E-state index in [4.69, 9.17) is 4.74 Å². The maximum absolute atomic E-state index is 5.46. The van der Waals surface area contributed by atoms with E-state index in [9.17, 15) is 0 Å². The molecule has 1 heterocycles. The molecule has 5 nitrogen and oxygen atoms in total. The van der Waals surface area contributed by atoms with Crippen molar-refractivity contribution < 1.29 is 4.74 Å². The molecule has 0 saturated carbocycles. The highest BCUT2D eigenvalue weighted by Gasteiger charge is 2.24. The number of aliphatic imine (C=N–C) groups is 1. The van der Waals surface area contributed by atoms with Gasteiger partial charge in [-0.2, -0.15) is 0 Å². The third-order valence-corrected chi connectivity index (χ3v) is 4.75. The first kappa shape index (κ1) is 19.7. The number of methoxy groups -OCH3 is 1. The van der Waals surface area contributed by atoms with Crippen molar-refractivity contribution in [2.75, 3.05) is 33.3 Å². The Bertz CT molecular complexity index is 530. The van der Waals surface area contributed by atoms with Gasteiger partial charge in [-0.15, -0.1) is 0 Å². The van der Waals surface area contributed by atoms with E-state index in [-0.39, 0.29) is 5.60 Å². The Morgan fingerprint density at radius 1 is 1.28 bits per heavy atom. The van der Waals surface area contributed by atoms with E-state index in [2.05, 4.69) is 71.6 Å². The van der Waals surface area contributed by atoms with Crippen molar-refractivity contribution in [2.45, 2.75) is 51.8 Å². The Morgan fingerprint density at radius 3 is 2.72 bits per heavy atom. The summed E-state index contributed by atoms with van der Waals surface area (Å²) in [6, 6.07) is 11.3. The highest BCUT2D eigenvalue weighted by atomic mass is 16.5. The number of rotatable bonds is 8. The molecule has 1 saturated heterocycles. The van der Waals surface area contributed by atoms with Crippen LogP contribution in [0.25, 0.3) is 0 Å². The fourth-order valence-electron chi connectivity index (χ4n) is 3.04. The lowest BCUT2D eigenvalue weighted by Gasteiger charge is -2.26. The summed E-state index contributed by atoms with van der Waals surface area (Å²) in [6.07, 6.45) is 2.51. The fourth-order valence-corrected chi connectivity index (χ4v) is 3.04. The van der Waals surface area contributed by atoms with Gasteiger partial charge in [0.1, 0.15) is 0 Å². The van der Waals surface area contributed by atoms with Crippen LogP contribution in [0.4, 0.5) is 0 Å². The van der Waals surface area contributed by atoms with Crippen LogP contribution in [0.2, 0.25) is 0 Å². The summed E-state index contributed by atoms with van der Waals surface area (Å²) in [7, 11) is 1.73. The van der Waals surface area contributed by atoms with Crippen LogP contribution >= 0.6 is 0 Å². The average Bonchev–Trinajstić information content (AvgIpc) is 3.05. The average molecular weight is 347 g/mol. The predicted molar refractivity (Wildman–Crippen MR) is 105 cm³/mol. The van der Waals surface area contributed by atoms with Crippen molar-refractivity contribution in [3.63, 3.8) is 0 Å². The maximum atomic E-state index is 5.46. The molecule has 0 aromatic heterocycles. The van der Waals surface area contributed by atoms with Crippen LogP contribution in [-0.2, 0) is 11.3 Å². The van der Waals surface area contributed by atoms with Crippen LogP contribution < -0.4 is 10.6 Å². The van der Waals surface area contributed by atoms with Gasteiger partial charge in [-0.25, -0.2) is 0 Å². The molecule has 1 unspecified atom stereocenters. The minimum atomic E-state index is -0.241. The van der Waals surface area contributed by atoms with Crippen molar-refractivity contribution in [3.8, 4) is 0 Å². The SMILES string of the molecule is CCNC(=NCC(C)(C)OC)NCC1CCCN1Cc1ccccc1. The van der Waals surface area contributed by atoms with Gasteiger partial charge in [0.05, 0.1) is 12.1 Å². The second-order valence-electron chi connectivity index (χ2n) is 7.29. The second kappa shape index (κ2) is 9.78. The Hall–Kier alpha value is -1.59. The molecule has 1 aromatic carbocycles. The fraction of sp³-hybridized carbons (Fsp3) is 0.650. The smallest absolute Gasteiger partial charge is 0.191 e. The van der Waals surface area contributed by atoms with E-state index >= 15 is 0 Å². The zero-order valence-electron chi connectivity index (χ0n) is 16.2. The van der Waals surface area contributed by atoms with E-state index in [1.807, 2.05) is 0 Å². The van der Waals surface area contributed by atoms with Crippen LogP contribution in [0.3, 0.4) is 0 Å². The molecule has 5 heteroatoms. The van der Waals surface area contributed by atoms with Gasteiger partial charge in [0, 0.05) is 32.8 Å². The summed E-state index contributed by atoms with van der Waals surface area (Å²) in [5, 5.41) is 6.85. The number of hydrogen-bond donors (Lipinski definition) is 2. The van der Waals surface area contributed by atoms with Crippen molar-refractivity contribution in [1.82, 2.24) is 15.5 Å². The molecule has 1 atom stereocenters. The molecule has 1 aromatic rings. The molecule has 25 heavy (non-hydrogen) atoms. The van der Waals surface area contributed by atoms with Crippen molar-refractivity contribution in [3.05, 3.63) is 35.9 Å². The molecule has 140 valence electrons. The van der Waals surface area contributed by atoms with Gasteiger partial charge in [0.2, 0.25) is 0 Å². The zero-order chi connectivity index (χ0) is 18.1. The standard InChI is InChI=1S/C20H34N4O/c1-5-21-19(23-16-20(2,3)25-4)22-14-18-12-9-13-24(18)15-17-10-7-6-8-11-17/h6-8,10-11,18H,5,9,12-16H2,1-4H3,(H2,21,22,23). The van der Waals surface area contributed by atoms with E-state index in [0.717, 1.165) is 25.6 Å². The Kier molecular flexibility index (Phi) is 7.72. The van der Waals surface area contributed by atoms with E-state index in [1.165, 1.54) is 24.9 Å². The molecular weight excluding hydrogens is 312 g/mol. The maximum Gasteiger partial charge on any atom is 0.191 e. The lowest BCUT2D eigenvalue weighted by Crippen LogP contribution is -2.45. The summed E-state index contributed by atoms with van der Waals surface area (Å²) < 4.78 is 5.46. The number of guanidine groups is 1. The van der Waals surface area contributed by atoms with Gasteiger partial charge < -0.3 is 15.4 Å². The summed E-state index contributed by atoms with van der Waals surface area (Å²) in [5.74, 6) is 0.874. The van der Waals surface area contributed by atoms with E-state index in [1.54, 1.807) is 7.11 Å². The molecule has 1 fully saturated rings. The topological polar surface area (TPSA) is 48.9 Å². The van der Waals surface area contributed by atoms with Gasteiger partial charge in [-0.1, -0.05) is 30.3 Å². The molecule has 0 radical (unpaired) electrons. The molecule has 1 aliphatic rings. The van der Waals surface area contributed by atoms with Crippen LogP contribution in [-0.4, -0.2) is 55.8 Å². The van der Waals surface area contributed by atoms with Crippen LogP contribution in [0, 0.1) is 0 Å². The number of hydrogen-bond acceptors (Lipinski definition) is 3. The molecular formula is C20H34N4O. The normalized spacial score (nSPS) is 19.2. The highest BCUT2D eigenvalue weighted by Crippen LogP contribution is 2.19. The Labute approximate surface area is 152 Å². The number of ether oxygens (including phenoxy) is 1. The lowest BCUT2D eigenvalue weighted by atomic mass is 10.1. The van der Waals surface area contributed by atoms with E-state index < -0.39 is 0 Å².